The van der Waals surface area contributed by atoms with Gasteiger partial charge in [-0.15, -0.1) is 0 Å². The van der Waals surface area contributed by atoms with Crippen molar-refractivity contribution < 1.29 is 22.0 Å². The summed E-state index contributed by atoms with van der Waals surface area (Å²) >= 11 is 0. The number of hydrogen-bond acceptors (Lipinski definition) is 4. The molecule has 0 bridgehead atoms. The molecule has 0 fully saturated rings. The predicted octanol–water partition coefficient (Wildman–Crippen LogP) is 3.62. The molecule has 0 spiro atoms. The van der Waals surface area contributed by atoms with Crippen LogP contribution in [0, 0.1) is 18.6 Å². The van der Waals surface area contributed by atoms with Crippen LogP contribution < -0.4 is 9.73 Å². The minimum absolute atomic E-state index is 0.0797. The summed E-state index contributed by atoms with van der Waals surface area (Å²) in [5.74, 6) is -1.99. The molecule has 160 valence electrons. The molecule has 0 aliphatic rings. The molecule has 3 aromatic carbocycles. The molecule has 0 radical (unpaired) electrons. The molecule has 3 rings (SSSR count). The second-order valence-electron chi connectivity index (χ2n) is 6.62. The fraction of sp³-hybridized carbons (Fsp3) is 0.0909. The molecule has 1 amide bonds. The van der Waals surface area contributed by atoms with Crippen molar-refractivity contribution in [2.24, 2.45) is 5.10 Å². The van der Waals surface area contributed by atoms with Crippen molar-refractivity contribution in [3.8, 4) is 0 Å². The molecule has 6 nitrogen and oxygen atoms in total. The monoisotopic (exact) mass is 443 g/mol. The third-order valence-electron chi connectivity index (χ3n) is 4.29. The number of para-hydroxylation sites is 1. The molecule has 0 aliphatic heterocycles. The van der Waals surface area contributed by atoms with Crippen molar-refractivity contribution in [2.75, 3.05) is 10.8 Å². The maximum atomic E-state index is 14.4. The molecule has 0 heterocycles. The van der Waals surface area contributed by atoms with Crippen LogP contribution in [0.25, 0.3) is 0 Å². The average molecular weight is 443 g/mol. The molecule has 3 aromatic rings. The van der Waals surface area contributed by atoms with Crippen LogP contribution in [-0.2, 0) is 14.8 Å². The molecule has 0 unspecified atom stereocenters. The van der Waals surface area contributed by atoms with Gasteiger partial charge in [0, 0.05) is 0 Å². The van der Waals surface area contributed by atoms with E-state index in [1.54, 1.807) is 19.1 Å². The summed E-state index contributed by atoms with van der Waals surface area (Å²) < 4.78 is 54.4. The van der Waals surface area contributed by atoms with Gasteiger partial charge in [-0.05, 0) is 48.9 Å². The first-order valence-corrected chi connectivity index (χ1v) is 10.6. The average Bonchev–Trinajstić information content (AvgIpc) is 2.74. The Morgan fingerprint density at radius 3 is 2.29 bits per heavy atom. The van der Waals surface area contributed by atoms with Crippen molar-refractivity contribution in [1.82, 2.24) is 5.43 Å². The normalized spacial score (nSPS) is 11.5. The van der Waals surface area contributed by atoms with E-state index < -0.39 is 34.1 Å². The van der Waals surface area contributed by atoms with E-state index in [-0.39, 0.29) is 10.6 Å². The van der Waals surface area contributed by atoms with E-state index in [0.29, 0.717) is 9.87 Å². The van der Waals surface area contributed by atoms with E-state index in [1.165, 1.54) is 60.8 Å². The minimum Gasteiger partial charge on any atom is -0.271 e. The number of anilines is 1. The lowest BCUT2D eigenvalue weighted by Crippen LogP contribution is -2.40. The number of nitrogens with zero attached hydrogens (tertiary/aromatic N) is 2. The Morgan fingerprint density at radius 1 is 1.00 bits per heavy atom. The van der Waals surface area contributed by atoms with Crippen LogP contribution in [-0.4, -0.2) is 27.1 Å². The van der Waals surface area contributed by atoms with Crippen LogP contribution in [0.3, 0.4) is 0 Å². The third-order valence-corrected chi connectivity index (χ3v) is 6.06. The Kier molecular flexibility index (Phi) is 6.76. The van der Waals surface area contributed by atoms with Crippen LogP contribution >= 0.6 is 0 Å². The Hall–Kier alpha value is -3.59. The molecule has 0 saturated heterocycles. The summed E-state index contributed by atoms with van der Waals surface area (Å²) in [5.41, 5.74) is 3.32. The van der Waals surface area contributed by atoms with Gasteiger partial charge in [0.15, 0.2) is 0 Å². The number of nitrogens with one attached hydrogen (secondary N) is 1. The van der Waals surface area contributed by atoms with E-state index in [2.05, 4.69) is 10.5 Å². The van der Waals surface area contributed by atoms with Crippen molar-refractivity contribution >= 4 is 27.8 Å². The third kappa shape index (κ3) is 5.52. The van der Waals surface area contributed by atoms with Gasteiger partial charge in [0.2, 0.25) is 0 Å². The van der Waals surface area contributed by atoms with Crippen LogP contribution in [0.5, 0.6) is 0 Å². The Balaban J connectivity index is 1.85. The topological polar surface area (TPSA) is 78.8 Å². The summed E-state index contributed by atoms with van der Waals surface area (Å²) in [6, 6.07) is 16.7. The maximum absolute atomic E-state index is 14.4. The molecule has 0 aliphatic carbocycles. The lowest BCUT2D eigenvalue weighted by atomic mass is 10.2. The van der Waals surface area contributed by atoms with Gasteiger partial charge in [0.25, 0.3) is 15.9 Å². The number of amides is 1. The summed E-state index contributed by atoms with van der Waals surface area (Å²) in [6.07, 6.45) is 1.28. The quantitative estimate of drug-likeness (QED) is 0.448. The number of aryl methyl sites for hydroxylation is 1. The highest BCUT2D eigenvalue weighted by Crippen LogP contribution is 2.26. The van der Waals surface area contributed by atoms with Crippen molar-refractivity contribution in [3.05, 3.63) is 95.6 Å². The number of hydrazone groups is 1. The molecular formula is C22H19F2N3O3S. The van der Waals surface area contributed by atoms with Gasteiger partial charge in [-0.25, -0.2) is 22.6 Å². The number of benzene rings is 3. The molecule has 0 aromatic heterocycles. The molecular weight excluding hydrogens is 424 g/mol. The highest BCUT2D eigenvalue weighted by molar-refractivity contribution is 7.92. The van der Waals surface area contributed by atoms with E-state index in [1.807, 2.05) is 0 Å². The standard InChI is InChI=1S/C22H19F2N3O3S/c1-16-6-12-19(13-7-16)31(29,30)27(21-5-3-2-4-20(21)24)15-22(28)26-25-14-17-8-10-18(23)11-9-17/h2-14H,15H2,1H3,(H,26,28). The molecule has 1 N–H and O–H groups in total. The Bertz CT molecular complexity index is 1200. The van der Waals surface area contributed by atoms with E-state index in [0.717, 1.165) is 11.6 Å². The minimum atomic E-state index is -4.23. The summed E-state index contributed by atoms with van der Waals surface area (Å²) in [6.45, 7) is 1.11. The zero-order valence-electron chi connectivity index (χ0n) is 16.5. The summed E-state index contributed by atoms with van der Waals surface area (Å²) in [7, 11) is -4.23. The number of hydrogen-bond donors (Lipinski definition) is 1. The van der Waals surface area contributed by atoms with E-state index in [4.69, 9.17) is 0 Å². The van der Waals surface area contributed by atoms with Gasteiger partial charge >= 0.3 is 0 Å². The van der Waals surface area contributed by atoms with Gasteiger partial charge in [-0.2, -0.15) is 5.10 Å². The van der Waals surface area contributed by atoms with Crippen LogP contribution in [0.2, 0.25) is 0 Å². The lowest BCUT2D eigenvalue weighted by molar-refractivity contribution is -0.119. The van der Waals surface area contributed by atoms with Crippen molar-refractivity contribution in [2.45, 2.75) is 11.8 Å². The smallest absolute Gasteiger partial charge is 0.264 e. The van der Waals surface area contributed by atoms with Crippen molar-refractivity contribution in [1.29, 1.82) is 0 Å². The molecule has 31 heavy (non-hydrogen) atoms. The van der Waals surface area contributed by atoms with Crippen LogP contribution in [0.1, 0.15) is 11.1 Å². The summed E-state index contributed by atoms with van der Waals surface area (Å²) in [4.78, 5) is 12.3. The maximum Gasteiger partial charge on any atom is 0.264 e. The van der Waals surface area contributed by atoms with Crippen LogP contribution in [0.15, 0.2) is 82.8 Å². The zero-order valence-corrected chi connectivity index (χ0v) is 17.3. The Morgan fingerprint density at radius 2 is 1.65 bits per heavy atom. The first kappa shape index (κ1) is 22.1. The van der Waals surface area contributed by atoms with Gasteiger partial charge in [-0.3, -0.25) is 9.10 Å². The SMILES string of the molecule is Cc1ccc(S(=O)(=O)N(CC(=O)NN=Cc2ccc(F)cc2)c2ccccc2F)cc1. The van der Waals surface area contributed by atoms with Crippen LogP contribution in [0.4, 0.5) is 14.5 Å². The van der Waals surface area contributed by atoms with Gasteiger partial charge in [0.05, 0.1) is 16.8 Å². The highest BCUT2D eigenvalue weighted by atomic mass is 32.2. The number of halogens is 2. The fourth-order valence-corrected chi connectivity index (χ4v) is 4.11. The van der Waals surface area contributed by atoms with E-state index >= 15 is 0 Å². The Labute approximate surface area is 178 Å². The first-order valence-electron chi connectivity index (χ1n) is 9.19. The second-order valence-corrected chi connectivity index (χ2v) is 8.48. The second kappa shape index (κ2) is 9.48. The first-order chi connectivity index (χ1) is 14.8. The number of sulfonamides is 1. The zero-order chi connectivity index (χ0) is 22.4. The van der Waals surface area contributed by atoms with E-state index in [9.17, 15) is 22.0 Å². The highest BCUT2D eigenvalue weighted by Gasteiger charge is 2.29. The van der Waals surface area contributed by atoms with Gasteiger partial charge < -0.3 is 0 Å². The largest absolute Gasteiger partial charge is 0.271 e. The molecule has 0 saturated carbocycles. The fourth-order valence-electron chi connectivity index (χ4n) is 2.68. The predicted molar refractivity (Wildman–Crippen MR) is 114 cm³/mol. The van der Waals surface area contributed by atoms with Gasteiger partial charge in [0.1, 0.15) is 18.2 Å². The molecule has 9 heteroatoms. The number of carbonyl (C=O) groups is 1. The lowest BCUT2D eigenvalue weighted by Gasteiger charge is -2.24. The van der Waals surface area contributed by atoms with Crippen molar-refractivity contribution in [3.63, 3.8) is 0 Å². The number of rotatable bonds is 7. The van der Waals surface area contributed by atoms with Gasteiger partial charge in [-0.1, -0.05) is 42.0 Å². The number of carbonyl (C=O) groups excluding carboxylic acids is 1. The molecule has 0 atom stereocenters. The summed E-state index contributed by atoms with van der Waals surface area (Å²) in [5, 5.41) is 3.74.